The van der Waals surface area contributed by atoms with Crippen molar-refractivity contribution in [1.82, 2.24) is 14.8 Å². The zero-order valence-corrected chi connectivity index (χ0v) is 23.9. The summed E-state index contributed by atoms with van der Waals surface area (Å²) in [4.78, 5) is 52.0. The van der Waals surface area contributed by atoms with Crippen LogP contribution in [0, 0.1) is 0 Å². The van der Waals surface area contributed by atoms with Gasteiger partial charge in [-0.25, -0.2) is 4.98 Å². The molecular weight excluding hydrogens is 526 g/mol. The Kier molecular flexibility index (Phi) is 9.84. The first kappa shape index (κ1) is 29.2. The number of ketones is 1. The molecule has 1 fully saturated rings. The zero-order chi connectivity index (χ0) is 28.6. The van der Waals surface area contributed by atoms with E-state index in [2.05, 4.69) is 9.98 Å². The first-order valence-corrected chi connectivity index (χ1v) is 14.5. The number of likely N-dealkylation sites (N-methyl/N-ethyl adjacent to an activating group) is 2. The number of nitrogens with zero attached hydrogens (tertiary/aromatic N) is 3. The maximum atomic E-state index is 13.9. The number of para-hydroxylation sites is 1. The van der Waals surface area contributed by atoms with Gasteiger partial charge in [0.1, 0.15) is 6.04 Å². The van der Waals surface area contributed by atoms with E-state index >= 15 is 0 Å². The predicted octanol–water partition coefficient (Wildman–Crippen LogP) is -0.764. The fraction of sp³-hybridized carbons (Fsp3) is 0.414. The summed E-state index contributed by atoms with van der Waals surface area (Å²) >= 11 is 1.33. The van der Waals surface area contributed by atoms with Crippen LogP contribution in [0.15, 0.2) is 54.6 Å². The molecule has 0 aliphatic carbocycles. The third-order valence-electron chi connectivity index (χ3n) is 7.44. The van der Waals surface area contributed by atoms with Gasteiger partial charge >= 0.3 is 5.96 Å². The van der Waals surface area contributed by atoms with Gasteiger partial charge in [-0.15, -0.1) is 11.3 Å². The topological polar surface area (TPSA) is 153 Å². The normalized spacial score (nSPS) is 16.4. The first-order valence-electron chi connectivity index (χ1n) is 13.7. The largest absolute Gasteiger partial charge is 0.338 e. The SMILES string of the molecule is C[NH2+]C(Cc1ccccc1)C(=O)N1CCCC1C(=O)N(C)C(CCC[NH+]=C(N)N)C(=O)c1nc2ccccc2s1. The van der Waals surface area contributed by atoms with Crippen molar-refractivity contribution >= 4 is 45.1 Å². The number of aromatic nitrogens is 1. The molecule has 0 bridgehead atoms. The summed E-state index contributed by atoms with van der Waals surface area (Å²) in [5.41, 5.74) is 12.9. The van der Waals surface area contributed by atoms with E-state index in [0.717, 1.165) is 22.2 Å². The van der Waals surface area contributed by atoms with E-state index in [1.165, 1.54) is 16.2 Å². The maximum Gasteiger partial charge on any atom is 0.338 e. The highest BCUT2D eigenvalue weighted by Gasteiger charge is 2.41. The smallest absolute Gasteiger partial charge is 0.338 e. The zero-order valence-electron chi connectivity index (χ0n) is 23.1. The summed E-state index contributed by atoms with van der Waals surface area (Å²) < 4.78 is 0.915. The van der Waals surface area contributed by atoms with E-state index in [1.807, 2.05) is 67.0 Å². The summed E-state index contributed by atoms with van der Waals surface area (Å²) in [5, 5.41) is 2.28. The van der Waals surface area contributed by atoms with E-state index in [4.69, 9.17) is 11.5 Å². The Morgan fingerprint density at radius 3 is 2.58 bits per heavy atom. The second-order valence-corrected chi connectivity index (χ2v) is 11.2. The number of nitrogens with one attached hydrogen (secondary N) is 1. The number of carbonyl (C=O) groups is 3. The third-order valence-corrected chi connectivity index (χ3v) is 8.50. The standard InChI is InChI=1S/C29H37N7O3S/c1-32-21(18-19-10-4-3-5-11-19)27(38)36-17-9-14-23(36)28(39)35(2)22(13-8-16-33-29(30)31)25(37)26-34-20-12-6-7-15-24(20)40-26/h3-7,10-12,15,21-23,32H,8-9,13-14,16-18H2,1-2H3,(H4,30,31,33)/p+2. The molecule has 1 aromatic heterocycles. The van der Waals surface area contributed by atoms with E-state index < -0.39 is 12.1 Å². The number of likely N-dealkylation sites (tertiary alicyclic amines) is 1. The van der Waals surface area contributed by atoms with Gasteiger partial charge < -0.3 is 15.1 Å². The van der Waals surface area contributed by atoms with Crippen LogP contribution >= 0.6 is 11.3 Å². The number of fused-ring (bicyclic) bond motifs is 1. The molecular formula is C29H39N7O3S+2. The van der Waals surface area contributed by atoms with Gasteiger partial charge in [-0.05, 0) is 43.4 Å². The number of rotatable bonds is 12. The highest BCUT2D eigenvalue weighted by Crippen LogP contribution is 2.26. The molecule has 10 nitrogen and oxygen atoms in total. The molecule has 2 heterocycles. The second kappa shape index (κ2) is 13.5. The number of hydrogen-bond donors (Lipinski definition) is 4. The number of amides is 2. The van der Waals surface area contributed by atoms with Gasteiger partial charge in [0.2, 0.25) is 11.7 Å². The van der Waals surface area contributed by atoms with Crippen LogP contribution in [0.3, 0.4) is 0 Å². The lowest BCUT2D eigenvalue weighted by atomic mass is 10.0. The Morgan fingerprint density at radius 1 is 1.15 bits per heavy atom. The molecule has 2 amide bonds. The van der Waals surface area contributed by atoms with E-state index in [0.29, 0.717) is 43.8 Å². The van der Waals surface area contributed by atoms with Crippen molar-refractivity contribution in [2.45, 2.75) is 50.2 Å². The van der Waals surface area contributed by atoms with Gasteiger partial charge in [-0.2, -0.15) is 0 Å². The maximum absolute atomic E-state index is 13.9. The van der Waals surface area contributed by atoms with Gasteiger partial charge in [0.25, 0.3) is 5.91 Å². The van der Waals surface area contributed by atoms with Crippen molar-refractivity contribution in [3.8, 4) is 0 Å². The molecule has 0 radical (unpaired) electrons. The molecule has 3 unspecified atom stereocenters. The van der Waals surface area contributed by atoms with E-state index in [1.54, 1.807) is 11.9 Å². The van der Waals surface area contributed by atoms with Crippen LogP contribution in [0.5, 0.6) is 0 Å². The van der Waals surface area contributed by atoms with Gasteiger partial charge in [-0.1, -0.05) is 42.5 Å². The summed E-state index contributed by atoms with van der Waals surface area (Å²) in [6.45, 7) is 0.990. The Labute approximate surface area is 238 Å². The Morgan fingerprint density at radius 2 is 1.88 bits per heavy atom. The molecule has 3 aromatic rings. The monoisotopic (exact) mass is 565 g/mol. The third kappa shape index (κ3) is 6.83. The highest BCUT2D eigenvalue weighted by molar-refractivity contribution is 7.20. The lowest BCUT2D eigenvalue weighted by molar-refractivity contribution is -0.650. The van der Waals surface area contributed by atoms with Crippen molar-refractivity contribution < 1.29 is 24.7 Å². The average Bonchev–Trinajstić information content (AvgIpc) is 3.63. The second-order valence-electron chi connectivity index (χ2n) is 10.2. The molecule has 3 atom stereocenters. The molecule has 0 spiro atoms. The highest BCUT2D eigenvalue weighted by atomic mass is 32.1. The summed E-state index contributed by atoms with van der Waals surface area (Å²) in [7, 11) is 3.54. The number of nitrogens with two attached hydrogens (primary N) is 3. The molecule has 0 saturated carbocycles. The number of hydrogen-bond acceptors (Lipinski definition) is 5. The molecule has 11 heteroatoms. The first-order chi connectivity index (χ1) is 19.3. The van der Waals surface area contributed by atoms with Crippen LogP contribution in [-0.4, -0.2) is 83.7 Å². The number of thiazole rings is 1. The molecule has 1 aliphatic heterocycles. The Balaban J connectivity index is 1.53. The van der Waals surface area contributed by atoms with Gasteiger partial charge in [0.05, 0.1) is 29.9 Å². The minimum atomic E-state index is -0.732. The van der Waals surface area contributed by atoms with Crippen molar-refractivity contribution in [1.29, 1.82) is 0 Å². The lowest BCUT2D eigenvalue weighted by Crippen LogP contribution is -2.90. The van der Waals surface area contributed by atoms with Gasteiger partial charge in [0, 0.05) is 20.0 Å². The van der Waals surface area contributed by atoms with E-state index in [-0.39, 0.29) is 29.6 Å². The fourth-order valence-corrected chi connectivity index (χ4v) is 6.21. The lowest BCUT2D eigenvalue weighted by Gasteiger charge is -2.33. The van der Waals surface area contributed by atoms with Crippen LogP contribution in [0.2, 0.25) is 0 Å². The van der Waals surface area contributed by atoms with Crippen LogP contribution < -0.4 is 21.8 Å². The van der Waals surface area contributed by atoms with Crippen molar-refractivity contribution in [2.24, 2.45) is 11.5 Å². The van der Waals surface area contributed by atoms with Gasteiger partial charge in [0.15, 0.2) is 11.0 Å². The fourth-order valence-electron chi connectivity index (χ4n) is 5.25. The summed E-state index contributed by atoms with van der Waals surface area (Å²) in [6.07, 6.45) is 2.85. The summed E-state index contributed by atoms with van der Waals surface area (Å²) in [5.74, 6) is -0.376. The molecule has 212 valence electrons. The van der Waals surface area contributed by atoms with Crippen molar-refractivity contribution in [2.75, 3.05) is 27.2 Å². The quantitative estimate of drug-likeness (QED) is 0.0980. The molecule has 40 heavy (non-hydrogen) atoms. The van der Waals surface area contributed by atoms with Crippen LogP contribution in [0.1, 0.15) is 41.0 Å². The van der Waals surface area contributed by atoms with Crippen LogP contribution in [0.25, 0.3) is 10.2 Å². The average molecular weight is 566 g/mol. The van der Waals surface area contributed by atoms with Gasteiger partial charge in [-0.3, -0.25) is 30.8 Å². The van der Waals surface area contributed by atoms with E-state index in [9.17, 15) is 14.4 Å². The number of Topliss-reactive ketones (excluding diaryl/α,β-unsaturated/α-hetero) is 1. The van der Waals surface area contributed by atoms with Crippen molar-refractivity contribution in [3.05, 3.63) is 65.2 Å². The minimum Gasteiger partial charge on any atom is -0.338 e. The number of guanidine groups is 1. The van der Waals surface area contributed by atoms with Crippen LogP contribution in [-0.2, 0) is 16.0 Å². The summed E-state index contributed by atoms with van der Waals surface area (Å²) in [6, 6.07) is 15.8. The molecule has 7 N–H and O–H groups in total. The number of carbonyl (C=O) groups excluding carboxylic acids is 3. The van der Waals surface area contributed by atoms with Crippen LogP contribution in [0.4, 0.5) is 0 Å². The predicted molar refractivity (Wildman–Crippen MR) is 155 cm³/mol. The Bertz CT molecular complexity index is 1320. The Hall–Kier alpha value is -3.83. The molecule has 1 aliphatic rings. The minimum absolute atomic E-state index is 0.0530. The molecule has 2 aromatic carbocycles. The molecule has 1 saturated heterocycles. The number of quaternary nitrogens is 1. The number of benzene rings is 2. The molecule has 4 rings (SSSR count). The van der Waals surface area contributed by atoms with Crippen molar-refractivity contribution in [3.63, 3.8) is 0 Å².